The van der Waals surface area contributed by atoms with Crippen LogP contribution >= 0.6 is 0 Å². The second kappa shape index (κ2) is 6.60. The molecule has 2 rings (SSSR count). The second-order valence-corrected chi connectivity index (χ2v) is 4.54. The van der Waals surface area contributed by atoms with Crippen LogP contribution in [0.3, 0.4) is 0 Å². The number of piperidine rings is 1. The van der Waals surface area contributed by atoms with Gasteiger partial charge in [0.2, 0.25) is 0 Å². The lowest BCUT2D eigenvalue weighted by Crippen LogP contribution is -2.45. The van der Waals surface area contributed by atoms with E-state index in [0.717, 1.165) is 37.6 Å². The molecular weight excluding hydrogens is 273 g/mol. The maximum atomic E-state index is 13.1. The molecule has 110 valence electrons. The van der Waals surface area contributed by atoms with Gasteiger partial charge in [0, 0.05) is 18.7 Å². The van der Waals surface area contributed by atoms with Crippen LogP contribution in [-0.2, 0) is 0 Å². The zero-order valence-electron chi connectivity index (χ0n) is 10.7. The fourth-order valence-corrected chi connectivity index (χ4v) is 2.12. The van der Waals surface area contributed by atoms with E-state index in [9.17, 15) is 18.0 Å². The largest absolute Gasteiger partial charge is 0.434 e. The highest BCUT2D eigenvalue weighted by Gasteiger charge is 2.20. The van der Waals surface area contributed by atoms with E-state index in [0.29, 0.717) is 6.54 Å². The Balaban J connectivity index is 2.11. The molecule has 0 saturated carbocycles. The van der Waals surface area contributed by atoms with Gasteiger partial charge < -0.3 is 15.4 Å². The number of amides is 1. The molecule has 0 radical (unpaired) electrons. The zero-order valence-corrected chi connectivity index (χ0v) is 10.7. The Bertz CT molecular complexity index is 477. The van der Waals surface area contributed by atoms with E-state index in [1.165, 1.54) is 0 Å². The number of alkyl halides is 2. The third-order valence-corrected chi connectivity index (χ3v) is 3.04. The van der Waals surface area contributed by atoms with Gasteiger partial charge >= 0.3 is 6.61 Å². The van der Waals surface area contributed by atoms with Crippen molar-refractivity contribution in [2.24, 2.45) is 0 Å². The van der Waals surface area contributed by atoms with Gasteiger partial charge in [0.05, 0.1) is 5.56 Å². The number of benzene rings is 1. The molecule has 1 aromatic carbocycles. The van der Waals surface area contributed by atoms with E-state index in [-0.39, 0.29) is 11.6 Å². The normalized spacial score (nSPS) is 18.9. The molecule has 2 N–H and O–H groups in total. The Labute approximate surface area is 114 Å². The summed E-state index contributed by atoms with van der Waals surface area (Å²) in [7, 11) is 0. The highest BCUT2D eigenvalue weighted by molar-refractivity contribution is 5.97. The van der Waals surface area contributed by atoms with Crippen LogP contribution in [0.1, 0.15) is 23.2 Å². The Morgan fingerprint density at radius 2 is 2.25 bits per heavy atom. The van der Waals surface area contributed by atoms with Gasteiger partial charge in [-0.3, -0.25) is 4.79 Å². The maximum absolute atomic E-state index is 13.1. The third-order valence-electron chi connectivity index (χ3n) is 3.04. The van der Waals surface area contributed by atoms with Crippen LogP contribution in [-0.4, -0.2) is 31.7 Å². The smallest absolute Gasteiger partial charge is 0.387 e. The lowest BCUT2D eigenvalue weighted by atomic mass is 10.1. The van der Waals surface area contributed by atoms with E-state index in [4.69, 9.17) is 0 Å². The predicted molar refractivity (Wildman–Crippen MR) is 66.4 cm³/mol. The fourth-order valence-electron chi connectivity index (χ4n) is 2.12. The molecule has 0 aliphatic carbocycles. The van der Waals surface area contributed by atoms with Crippen LogP contribution in [0.2, 0.25) is 0 Å². The van der Waals surface area contributed by atoms with Crippen LogP contribution in [0.5, 0.6) is 5.75 Å². The first-order valence-corrected chi connectivity index (χ1v) is 6.32. The topological polar surface area (TPSA) is 50.4 Å². The minimum atomic E-state index is -3.11. The standard InChI is InChI=1S/C13H15F3N2O2/c14-8-3-4-10(11(6-8)20-13(15)16)12(19)18-9-2-1-5-17-7-9/h3-4,6,9,13,17H,1-2,5,7H2,(H,18,19)/t9-/m0/s1. The van der Waals surface area contributed by atoms with Gasteiger partial charge in [-0.05, 0) is 31.5 Å². The summed E-state index contributed by atoms with van der Waals surface area (Å²) in [6.07, 6.45) is 1.74. The summed E-state index contributed by atoms with van der Waals surface area (Å²) in [6, 6.07) is 2.88. The first kappa shape index (κ1) is 14.6. The van der Waals surface area contributed by atoms with E-state index < -0.39 is 24.1 Å². The molecule has 20 heavy (non-hydrogen) atoms. The maximum Gasteiger partial charge on any atom is 0.387 e. The summed E-state index contributed by atoms with van der Waals surface area (Å²) in [4.78, 5) is 12.0. The first-order chi connectivity index (χ1) is 9.56. The number of hydrogen-bond acceptors (Lipinski definition) is 3. The Hall–Kier alpha value is -1.76. The van der Waals surface area contributed by atoms with Crippen molar-refractivity contribution in [2.45, 2.75) is 25.5 Å². The van der Waals surface area contributed by atoms with Crippen molar-refractivity contribution in [2.75, 3.05) is 13.1 Å². The summed E-state index contributed by atoms with van der Waals surface area (Å²) < 4.78 is 41.8. The molecule has 0 bridgehead atoms. The van der Waals surface area contributed by atoms with Crippen molar-refractivity contribution in [3.05, 3.63) is 29.6 Å². The van der Waals surface area contributed by atoms with Crippen molar-refractivity contribution < 1.29 is 22.7 Å². The highest BCUT2D eigenvalue weighted by atomic mass is 19.3. The molecule has 7 heteroatoms. The Morgan fingerprint density at radius 3 is 2.90 bits per heavy atom. The number of ether oxygens (including phenoxy) is 1. The van der Waals surface area contributed by atoms with Gasteiger partial charge in [-0.15, -0.1) is 0 Å². The average Bonchev–Trinajstić information content (AvgIpc) is 2.39. The minimum Gasteiger partial charge on any atom is -0.434 e. The van der Waals surface area contributed by atoms with Gasteiger partial charge in [-0.2, -0.15) is 8.78 Å². The monoisotopic (exact) mass is 288 g/mol. The molecule has 1 saturated heterocycles. The average molecular weight is 288 g/mol. The number of hydrogen-bond donors (Lipinski definition) is 2. The molecular formula is C13H15F3N2O2. The summed E-state index contributed by atoms with van der Waals surface area (Å²) in [5, 5.41) is 5.84. The third kappa shape index (κ3) is 3.86. The van der Waals surface area contributed by atoms with Crippen molar-refractivity contribution in [3.63, 3.8) is 0 Å². The molecule has 1 amide bonds. The summed E-state index contributed by atoms with van der Waals surface area (Å²) >= 11 is 0. The van der Waals surface area contributed by atoms with Gasteiger partial charge in [0.15, 0.2) is 0 Å². The van der Waals surface area contributed by atoms with Gasteiger partial charge in [0.1, 0.15) is 11.6 Å². The second-order valence-electron chi connectivity index (χ2n) is 4.54. The highest BCUT2D eigenvalue weighted by Crippen LogP contribution is 2.22. The molecule has 0 unspecified atom stereocenters. The summed E-state index contributed by atoms with van der Waals surface area (Å²) in [5.41, 5.74) is -0.0997. The summed E-state index contributed by atoms with van der Waals surface area (Å²) in [5.74, 6) is -1.74. The Kier molecular flexibility index (Phi) is 4.84. The predicted octanol–water partition coefficient (Wildman–Crippen LogP) is 1.91. The molecule has 1 heterocycles. The minimum absolute atomic E-state index is 0.0688. The molecule has 1 aliphatic heterocycles. The lowest BCUT2D eigenvalue weighted by molar-refractivity contribution is -0.0503. The SMILES string of the molecule is O=C(N[C@H]1CCCNC1)c1ccc(F)cc1OC(F)F. The van der Waals surface area contributed by atoms with Crippen LogP contribution in [0.25, 0.3) is 0 Å². The molecule has 1 fully saturated rings. The van der Waals surface area contributed by atoms with E-state index in [1.54, 1.807) is 0 Å². The number of carbonyl (C=O) groups is 1. The van der Waals surface area contributed by atoms with Crippen molar-refractivity contribution in [3.8, 4) is 5.75 Å². The van der Waals surface area contributed by atoms with Crippen LogP contribution in [0.15, 0.2) is 18.2 Å². The molecule has 1 aliphatic rings. The van der Waals surface area contributed by atoms with Crippen molar-refractivity contribution in [1.29, 1.82) is 0 Å². The Morgan fingerprint density at radius 1 is 1.45 bits per heavy atom. The molecule has 1 aromatic rings. The zero-order chi connectivity index (χ0) is 14.5. The molecule has 0 spiro atoms. The number of nitrogens with one attached hydrogen (secondary N) is 2. The van der Waals surface area contributed by atoms with Gasteiger partial charge in [-0.1, -0.05) is 0 Å². The van der Waals surface area contributed by atoms with Gasteiger partial charge in [0.25, 0.3) is 5.91 Å². The van der Waals surface area contributed by atoms with Crippen LogP contribution < -0.4 is 15.4 Å². The number of carbonyl (C=O) groups excluding carboxylic acids is 1. The number of rotatable bonds is 4. The quantitative estimate of drug-likeness (QED) is 0.890. The van der Waals surface area contributed by atoms with Crippen LogP contribution in [0.4, 0.5) is 13.2 Å². The van der Waals surface area contributed by atoms with Crippen molar-refractivity contribution >= 4 is 5.91 Å². The number of halogens is 3. The van der Waals surface area contributed by atoms with Gasteiger partial charge in [-0.25, -0.2) is 4.39 Å². The van der Waals surface area contributed by atoms with Crippen LogP contribution in [0, 0.1) is 5.82 Å². The summed E-state index contributed by atoms with van der Waals surface area (Å²) in [6.45, 7) is -1.60. The molecule has 0 aromatic heterocycles. The molecule has 4 nitrogen and oxygen atoms in total. The fraction of sp³-hybridized carbons (Fsp3) is 0.462. The first-order valence-electron chi connectivity index (χ1n) is 6.32. The van der Waals surface area contributed by atoms with E-state index >= 15 is 0 Å². The lowest BCUT2D eigenvalue weighted by Gasteiger charge is -2.24. The van der Waals surface area contributed by atoms with Crippen molar-refractivity contribution in [1.82, 2.24) is 10.6 Å². The van der Waals surface area contributed by atoms with E-state index in [1.807, 2.05) is 0 Å². The van der Waals surface area contributed by atoms with E-state index in [2.05, 4.69) is 15.4 Å². The molecule has 1 atom stereocenters.